The lowest BCUT2D eigenvalue weighted by Crippen LogP contribution is -2.26. The second kappa shape index (κ2) is 10.7. The highest BCUT2D eigenvalue weighted by molar-refractivity contribution is 7.92. The molecule has 0 radical (unpaired) electrons. The van der Waals surface area contributed by atoms with E-state index in [-0.39, 0.29) is 36.0 Å². The highest BCUT2D eigenvalue weighted by Crippen LogP contribution is 2.45. The molecule has 2 aliphatic rings. The quantitative estimate of drug-likeness (QED) is 0.297. The molecule has 0 unspecified atom stereocenters. The largest absolute Gasteiger partial charge is 0.511 e. The highest BCUT2D eigenvalue weighted by Gasteiger charge is 2.38. The van der Waals surface area contributed by atoms with Crippen molar-refractivity contribution in [1.82, 2.24) is 9.88 Å². The van der Waals surface area contributed by atoms with Gasteiger partial charge in [0.1, 0.15) is 17.4 Å². The summed E-state index contributed by atoms with van der Waals surface area (Å²) >= 11 is 0. The van der Waals surface area contributed by atoms with Crippen LogP contribution in [0.15, 0.2) is 42.6 Å². The third-order valence-corrected chi connectivity index (χ3v) is 8.16. The molecule has 2 heterocycles. The Morgan fingerprint density at radius 1 is 1.18 bits per heavy atom. The summed E-state index contributed by atoms with van der Waals surface area (Å²) in [6.45, 7) is -0.300. The van der Waals surface area contributed by atoms with E-state index in [0.717, 1.165) is 36.2 Å². The summed E-state index contributed by atoms with van der Waals surface area (Å²) in [6.07, 6.45) is 5.06. The van der Waals surface area contributed by atoms with Crippen LogP contribution in [-0.4, -0.2) is 56.6 Å². The molecule has 10 nitrogen and oxygen atoms in total. The van der Waals surface area contributed by atoms with E-state index in [4.69, 9.17) is 14.2 Å². The fourth-order valence-corrected chi connectivity index (χ4v) is 5.57. The molecule has 0 atom stereocenters. The molecule has 3 aromatic rings. The van der Waals surface area contributed by atoms with Crippen LogP contribution >= 0.6 is 0 Å². The minimum absolute atomic E-state index is 0.0755. The standard InChI is InChI=1S/C27H28FN3O7S/c1-30(39(2,34)35)24-20-8-5-13-29-23(20)25(36-16-37-27(33)38-19-6-3-4-7-19)22-21(24)15-31(26(22)32)14-17-9-11-18(28)12-10-17/h5,8-13,19H,3-4,6-7,14-16H2,1-2H3. The number of hydrogen-bond donors (Lipinski definition) is 0. The monoisotopic (exact) mass is 557 g/mol. The second-order valence-corrected chi connectivity index (χ2v) is 11.6. The van der Waals surface area contributed by atoms with Gasteiger partial charge in [0.05, 0.1) is 17.5 Å². The average Bonchev–Trinajstić information content (AvgIpc) is 3.52. The van der Waals surface area contributed by atoms with Crippen molar-refractivity contribution >= 4 is 38.7 Å². The maximum atomic E-state index is 13.7. The maximum absolute atomic E-state index is 13.7. The number of pyridine rings is 1. The SMILES string of the molecule is CN(c1c2c(c(OCOC(=O)OC3CCCC3)c3ncccc13)C(=O)N(Cc1ccc(F)cc1)C2)S(C)(=O)=O. The van der Waals surface area contributed by atoms with Crippen molar-refractivity contribution in [2.24, 2.45) is 0 Å². The molecule has 1 aromatic heterocycles. The summed E-state index contributed by atoms with van der Waals surface area (Å²) in [6, 6.07) is 9.11. The van der Waals surface area contributed by atoms with Crippen LogP contribution < -0.4 is 9.04 Å². The molecule has 1 saturated carbocycles. The molecule has 1 fully saturated rings. The first-order valence-corrected chi connectivity index (χ1v) is 14.4. The minimum atomic E-state index is -3.71. The van der Waals surface area contributed by atoms with Gasteiger partial charge in [-0.05, 0) is 55.5 Å². The van der Waals surface area contributed by atoms with Gasteiger partial charge in [0.15, 0.2) is 5.75 Å². The summed E-state index contributed by atoms with van der Waals surface area (Å²) in [5, 5.41) is 0.448. The molecule has 1 aliphatic heterocycles. The zero-order chi connectivity index (χ0) is 27.7. The number of nitrogens with zero attached hydrogens (tertiary/aromatic N) is 3. The van der Waals surface area contributed by atoms with Crippen molar-refractivity contribution in [3.63, 3.8) is 0 Å². The number of carbonyl (C=O) groups is 2. The van der Waals surface area contributed by atoms with E-state index in [0.29, 0.717) is 22.2 Å². The number of halogens is 1. The third kappa shape index (κ3) is 5.47. The van der Waals surface area contributed by atoms with Gasteiger partial charge >= 0.3 is 6.16 Å². The van der Waals surface area contributed by atoms with Crippen molar-refractivity contribution < 1.29 is 36.6 Å². The van der Waals surface area contributed by atoms with Crippen molar-refractivity contribution in [3.8, 4) is 5.75 Å². The average molecular weight is 558 g/mol. The first-order chi connectivity index (χ1) is 18.6. The second-order valence-electron chi connectivity index (χ2n) is 9.63. The van der Waals surface area contributed by atoms with E-state index in [1.54, 1.807) is 24.3 Å². The van der Waals surface area contributed by atoms with Crippen LogP contribution in [0.1, 0.15) is 47.2 Å². The Labute approximate surface area is 225 Å². The minimum Gasteiger partial charge on any atom is -0.454 e. The van der Waals surface area contributed by atoms with Crippen LogP contribution in [0.2, 0.25) is 0 Å². The first-order valence-electron chi connectivity index (χ1n) is 12.5. The van der Waals surface area contributed by atoms with E-state index >= 15 is 0 Å². The Morgan fingerprint density at radius 3 is 2.59 bits per heavy atom. The molecule has 0 saturated heterocycles. The number of carbonyl (C=O) groups excluding carboxylic acids is 2. The first kappa shape index (κ1) is 26.7. The summed E-state index contributed by atoms with van der Waals surface area (Å²) < 4.78 is 56.0. The Kier molecular flexibility index (Phi) is 7.30. The van der Waals surface area contributed by atoms with Gasteiger partial charge < -0.3 is 19.1 Å². The van der Waals surface area contributed by atoms with Crippen molar-refractivity contribution in [2.45, 2.75) is 44.9 Å². The molecule has 1 amide bonds. The van der Waals surface area contributed by atoms with Gasteiger partial charge in [-0.3, -0.25) is 14.1 Å². The van der Waals surface area contributed by atoms with Crippen LogP contribution in [-0.2, 0) is 32.6 Å². The normalized spacial score (nSPS) is 15.5. The molecule has 0 N–H and O–H groups in total. The summed E-state index contributed by atoms with van der Waals surface area (Å²) in [5.41, 5.74) is 1.80. The molecule has 12 heteroatoms. The molecule has 0 spiro atoms. The van der Waals surface area contributed by atoms with Crippen molar-refractivity contribution in [2.75, 3.05) is 24.4 Å². The van der Waals surface area contributed by atoms with Gasteiger partial charge in [-0.15, -0.1) is 0 Å². The van der Waals surface area contributed by atoms with E-state index in [1.807, 2.05) is 0 Å². The van der Waals surface area contributed by atoms with Gasteiger partial charge in [-0.25, -0.2) is 17.6 Å². The van der Waals surface area contributed by atoms with Crippen molar-refractivity contribution in [3.05, 3.63) is 65.1 Å². The van der Waals surface area contributed by atoms with Crippen LogP contribution in [0.5, 0.6) is 5.75 Å². The fourth-order valence-electron chi connectivity index (χ4n) is 5.03. The summed E-state index contributed by atoms with van der Waals surface area (Å²) in [5.74, 6) is -0.744. The van der Waals surface area contributed by atoms with E-state index in [2.05, 4.69) is 4.98 Å². The number of hydrogen-bond acceptors (Lipinski definition) is 8. The number of benzene rings is 2. The molecule has 0 bridgehead atoms. The van der Waals surface area contributed by atoms with Gasteiger partial charge in [-0.1, -0.05) is 12.1 Å². The number of anilines is 1. The van der Waals surface area contributed by atoms with Crippen molar-refractivity contribution in [1.29, 1.82) is 0 Å². The van der Waals surface area contributed by atoms with Crippen LogP contribution in [0.4, 0.5) is 14.9 Å². The topological polar surface area (TPSA) is 115 Å². The predicted molar refractivity (Wildman–Crippen MR) is 140 cm³/mol. The Bertz CT molecular complexity index is 1520. The highest BCUT2D eigenvalue weighted by atomic mass is 32.2. The molecular formula is C27H28FN3O7S. The van der Waals surface area contributed by atoms with E-state index < -0.39 is 34.7 Å². The molecular weight excluding hydrogens is 529 g/mol. The molecule has 39 heavy (non-hydrogen) atoms. The van der Waals surface area contributed by atoms with Crippen LogP contribution in [0.3, 0.4) is 0 Å². The summed E-state index contributed by atoms with van der Waals surface area (Å²) in [7, 11) is -2.30. The number of aromatic nitrogens is 1. The molecule has 206 valence electrons. The number of amides is 1. The summed E-state index contributed by atoms with van der Waals surface area (Å²) in [4.78, 5) is 31.8. The predicted octanol–water partition coefficient (Wildman–Crippen LogP) is 4.36. The number of ether oxygens (including phenoxy) is 3. The molecule has 2 aromatic carbocycles. The zero-order valence-corrected chi connectivity index (χ0v) is 22.4. The number of fused-ring (bicyclic) bond motifs is 2. The lowest BCUT2D eigenvalue weighted by atomic mass is 10.0. The maximum Gasteiger partial charge on any atom is 0.511 e. The molecule has 5 rings (SSSR count). The van der Waals surface area contributed by atoms with Crippen LogP contribution in [0, 0.1) is 5.82 Å². The van der Waals surface area contributed by atoms with Gasteiger partial charge in [-0.2, -0.15) is 0 Å². The van der Waals surface area contributed by atoms with E-state index in [9.17, 15) is 22.4 Å². The lowest BCUT2D eigenvalue weighted by molar-refractivity contribution is -0.0135. The van der Waals surface area contributed by atoms with Crippen LogP contribution in [0.25, 0.3) is 10.9 Å². The lowest BCUT2D eigenvalue weighted by Gasteiger charge is -2.23. The molecule has 1 aliphatic carbocycles. The Morgan fingerprint density at radius 2 is 1.90 bits per heavy atom. The van der Waals surface area contributed by atoms with E-state index in [1.165, 1.54) is 30.3 Å². The Hall–Kier alpha value is -3.93. The van der Waals surface area contributed by atoms with Gasteiger partial charge in [0.25, 0.3) is 5.91 Å². The fraction of sp³-hybridized carbons (Fsp3) is 0.370. The number of rotatable bonds is 8. The smallest absolute Gasteiger partial charge is 0.454 e. The zero-order valence-electron chi connectivity index (χ0n) is 21.6. The van der Waals surface area contributed by atoms with Gasteiger partial charge in [0.2, 0.25) is 16.8 Å². The number of sulfonamides is 1. The van der Waals surface area contributed by atoms with Gasteiger partial charge in [0, 0.05) is 37.3 Å². The third-order valence-electron chi connectivity index (χ3n) is 6.99. The Balaban J connectivity index is 1.52.